The van der Waals surface area contributed by atoms with Gasteiger partial charge < -0.3 is 5.32 Å². The highest BCUT2D eigenvalue weighted by Crippen LogP contribution is 2.15. The molecule has 1 aromatic rings. The van der Waals surface area contributed by atoms with Crippen molar-refractivity contribution in [1.29, 1.82) is 0 Å². The van der Waals surface area contributed by atoms with Gasteiger partial charge in [0.15, 0.2) is 0 Å². The highest BCUT2D eigenvalue weighted by Gasteiger charge is 2.14. The number of alkyl halides is 2. The van der Waals surface area contributed by atoms with Crippen LogP contribution < -0.4 is 5.32 Å². The first-order valence-corrected chi connectivity index (χ1v) is 6.29. The van der Waals surface area contributed by atoms with E-state index < -0.39 is 6.43 Å². The van der Waals surface area contributed by atoms with Crippen LogP contribution in [-0.2, 0) is 6.42 Å². The van der Waals surface area contributed by atoms with Crippen molar-refractivity contribution in [3.63, 3.8) is 0 Å². The molecule has 1 rings (SSSR count). The zero-order valence-electron chi connectivity index (χ0n) is 11.3. The Morgan fingerprint density at radius 1 is 1.17 bits per heavy atom. The molecule has 1 N–H and O–H groups in total. The van der Waals surface area contributed by atoms with Crippen LogP contribution in [0.15, 0.2) is 24.3 Å². The SMILES string of the molecule is CCc1ccc(C(CN(C)CC(F)F)NC)cc1. The van der Waals surface area contributed by atoms with Crippen molar-refractivity contribution in [2.75, 3.05) is 27.2 Å². The van der Waals surface area contributed by atoms with Gasteiger partial charge in [-0.3, -0.25) is 4.90 Å². The number of hydrogen-bond acceptors (Lipinski definition) is 2. The highest BCUT2D eigenvalue weighted by molar-refractivity contribution is 5.25. The summed E-state index contributed by atoms with van der Waals surface area (Å²) in [5.74, 6) is 0. The second kappa shape index (κ2) is 7.44. The van der Waals surface area contributed by atoms with E-state index in [1.165, 1.54) is 5.56 Å². The van der Waals surface area contributed by atoms with Crippen molar-refractivity contribution in [3.05, 3.63) is 35.4 Å². The number of halogens is 2. The van der Waals surface area contributed by atoms with Crippen molar-refractivity contribution in [1.82, 2.24) is 10.2 Å². The third-order valence-corrected chi connectivity index (χ3v) is 3.08. The molecule has 0 aliphatic rings. The lowest BCUT2D eigenvalue weighted by Crippen LogP contribution is -2.34. The van der Waals surface area contributed by atoms with E-state index >= 15 is 0 Å². The van der Waals surface area contributed by atoms with Gasteiger partial charge in [-0.1, -0.05) is 31.2 Å². The molecule has 1 aromatic carbocycles. The van der Waals surface area contributed by atoms with E-state index in [4.69, 9.17) is 0 Å². The number of aryl methyl sites for hydroxylation is 1. The summed E-state index contributed by atoms with van der Waals surface area (Å²) in [7, 11) is 3.57. The molecule has 0 aliphatic heterocycles. The van der Waals surface area contributed by atoms with Crippen molar-refractivity contribution in [2.24, 2.45) is 0 Å². The first-order chi connectivity index (χ1) is 8.56. The Labute approximate surface area is 108 Å². The van der Waals surface area contributed by atoms with Crippen molar-refractivity contribution in [3.8, 4) is 0 Å². The van der Waals surface area contributed by atoms with E-state index in [0.29, 0.717) is 6.54 Å². The van der Waals surface area contributed by atoms with Crippen LogP contribution in [0, 0.1) is 0 Å². The van der Waals surface area contributed by atoms with E-state index in [9.17, 15) is 8.78 Å². The summed E-state index contributed by atoms with van der Waals surface area (Å²) in [6.07, 6.45) is -1.27. The molecule has 0 heterocycles. The van der Waals surface area contributed by atoms with Crippen molar-refractivity contribution >= 4 is 0 Å². The lowest BCUT2D eigenvalue weighted by Gasteiger charge is -2.24. The highest BCUT2D eigenvalue weighted by atomic mass is 19.3. The number of likely N-dealkylation sites (N-methyl/N-ethyl adjacent to an activating group) is 2. The van der Waals surface area contributed by atoms with Gasteiger partial charge >= 0.3 is 0 Å². The number of rotatable bonds is 7. The van der Waals surface area contributed by atoms with Crippen LogP contribution in [0.2, 0.25) is 0 Å². The molecule has 0 spiro atoms. The Hall–Kier alpha value is -1.00. The summed E-state index contributed by atoms with van der Waals surface area (Å²) in [5, 5.41) is 3.17. The Bertz CT molecular complexity index is 338. The normalized spacial score (nSPS) is 13.3. The molecule has 0 aliphatic carbocycles. The minimum Gasteiger partial charge on any atom is -0.312 e. The molecule has 0 fully saturated rings. The van der Waals surface area contributed by atoms with Gasteiger partial charge in [0, 0.05) is 12.6 Å². The van der Waals surface area contributed by atoms with Crippen LogP contribution in [0.3, 0.4) is 0 Å². The molecule has 18 heavy (non-hydrogen) atoms. The van der Waals surface area contributed by atoms with E-state index in [-0.39, 0.29) is 12.6 Å². The molecule has 0 saturated heterocycles. The minimum absolute atomic E-state index is 0.0830. The fourth-order valence-corrected chi connectivity index (χ4v) is 1.97. The summed E-state index contributed by atoms with van der Waals surface area (Å²) in [6.45, 7) is 2.50. The van der Waals surface area contributed by atoms with Crippen LogP contribution >= 0.6 is 0 Å². The van der Waals surface area contributed by atoms with E-state index in [1.807, 2.05) is 7.05 Å². The van der Waals surface area contributed by atoms with Crippen LogP contribution in [-0.4, -0.2) is 38.5 Å². The molecular weight excluding hydrogens is 234 g/mol. The zero-order chi connectivity index (χ0) is 13.5. The summed E-state index contributed by atoms with van der Waals surface area (Å²) < 4.78 is 24.6. The average Bonchev–Trinajstić information content (AvgIpc) is 2.35. The first-order valence-electron chi connectivity index (χ1n) is 6.29. The van der Waals surface area contributed by atoms with Gasteiger partial charge in [0.25, 0.3) is 6.43 Å². The molecule has 0 aromatic heterocycles. The smallest absolute Gasteiger partial charge is 0.251 e. The molecule has 2 nitrogen and oxygen atoms in total. The summed E-state index contributed by atoms with van der Waals surface area (Å²) in [6, 6.07) is 8.39. The second-order valence-electron chi connectivity index (χ2n) is 4.55. The maximum absolute atomic E-state index is 12.3. The van der Waals surface area contributed by atoms with Crippen LogP contribution in [0.4, 0.5) is 8.78 Å². The molecule has 1 atom stereocenters. The van der Waals surface area contributed by atoms with E-state index in [2.05, 4.69) is 36.5 Å². The Kier molecular flexibility index (Phi) is 6.22. The quantitative estimate of drug-likeness (QED) is 0.807. The Balaban J connectivity index is 2.64. The third-order valence-electron chi connectivity index (χ3n) is 3.08. The number of hydrogen-bond donors (Lipinski definition) is 1. The monoisotopic (exact) mass is 256 g/mol. The summed E-state index contributed by atoms with van der Waals surface area (Å²) in [4.78, 5) is 1.65. The average molecular weight is 256 g/mol. The van der Waals surface area contributed by atoms with Gasteiger partial charge in [-0.2, -0.15) is 0 Å². The largest absolute Gasteiger partial charge is 0.312 e. The molecule has 1 unspecified atom stereocenters. The zero-order valence-corrected chi connectivity index (χ0v) is 11.3. The fraction of sp³-hybridized carbons (Fsp3) is 0.571. The number of benzene rings is 1. The second-order valence-corrected chi connectivity index (χ2v) is 4.55. The van der Waals surface area contributed by atoms with Crippen LogP contribution in [0.5, 0.6) is 0 Å². The maximum Gasteiger partial charge on any atom is 0.251 e. The topological polar surface area (TPSA) is 15.3 Å². The fourth-order valence-electron chi connectivity index (χ4n) is 1.97. The van der Waals surface area contributed by atoms with Crippen molar-refractivity contribution in [2.45, 2.75) is 25.8 Å². The van der Waals surface area contributed by atoms with Gasteiger partial charge in [-0.25, -0.2) is 8.78 Å². The molecule has 0 saturated carbocycles. The Morgan fingerprint density at radius 3 is 2.22 bits per heavy atom. The molecular formula is C14H22F2N2. The maximum atomic E-state index is 12.3. The lowest BCUT2D eigenvalue weighted by atomic mass is 10.0. The van der Waals surface area contributed by atoms with Gasteiger partial charge in [0.2, 0.25) is 0 Å². The Morgan fingerprint density at radius 2 is 1.78 bits per heavy atom. The molecule has 0 amide bonds. The van der Waals surface area contributed by atoms with Gasteiger partial charge in [-0.15, -0.1) is 0 Å². The third kappa shape index (κ3) is 4.70. The van der Waals surface area contributed by atoms with Gasteiger partial charge in [0.05, 0.1) is 6.54 Å². The first kappa shape index (κ1) is 15.1. The predicted molar refractivity (Wildman–Crippen MR) is 71.1 cm³/mol. The van der Waals surface area contributed by atoms with Crippen molar-refractivity contribution < 1.29 is 8.78 Å². The minimum atomic E-state index is -2.28. The van der Waals surface area contributed by atoms with E-state index in [0.717, 1.165) is 12.0 Å². The predicted octanol–water partition coefficient (Wildman–Crippen LogP) is 2.71. The number of nitrogens with one attached hydrogen (secondary N) is 1. The van der Waals surface area contributed by atoms with E-state index in [1.54, 1.807) is 11.9 Å². The van der Waals surface area contributed by atoms with Gasteiger partial charge in [0.1, 0.15) is 0 Å². The standard InChI is InChI=1S/C14H22F2N2/c1-4-11-5-7-12(8-6-11)13(17-2)9-18(3)10-14(15)16/h5-8,13-14,17H,4,9-10H2,1-3H3. The summed E-state index contributed by atoms with van der Waals surface area (Å²) in [5.41, 5.74) is 2.42. The van der Waals surface area contributed by atoms with Crippen LogP contribution in [0.25, 0.3) is 0 Å². The van der Waals surface area contributed by atoms with Gasteiger partial charge in [-0.05, 0) is 31.6 Å². The molecule has 4 heteroatoms. The lowest BCUT2D eigenvalue weighted by molar-refractivity contribution is 0.0963. The summed E-state index contributed by atoms with van der Waals surface area (Å²) >= 11 is 0. The molecule has 0 bridgehead atoms. The van der Waals surface area contributed by atoms with Crippen LogP contribution in [0.1, 0.15) is 24.1 Å². The number of nitrogens with zero attached hydrogens (tertiary/aromatic N) is 1. The molecule has 102 valence electrons. The molecule has 0 radical (unpaired) electrons.